The van der Waals surface area contributed by atoms with Crippen LogP contribution >= 0.6 is 0 Å². The van der Waals surface area contributed by atoms with Crippen LogP contribution in [-0.4, -0.2) is 11.3 Å². The molecular weight excluding hydrogens is 289 g/mol. The molecule has 0 heterocycles. The third-order valence-corrected chi connectivity index (χ3v) is 3.78. The van der Waals surface area contributed by atoms with Crippen molar-refractivity contribution in [2.24, 2.45) is 0 Å². The van der Waals surface area contributed by atoms with E-state index in [0.29, 0.717) is 10.8 Å². The summed E-state index contributed by atoms with van der Waals surface area (Å²) in [6.07, 6.45) is -4.83. The van der Waals surface area contributed by atoms with Crippen LogP contribution in [-0.2, 0) is 5.60 Å². The van der Waals surface area contributed by atoms with Crippen molar-refractivity contribution in [2.45, 2.75) is 11.8 Å². The largest absolute Gasteiger partial charge is 0.425 e. The molecular formula is C18H13F3O. The Hall–Kier alpha value is -2.33. The molecule has 4 heteroatoms. The third-order valence-electron chi connectivity index (χ3n) is 3.78. The summed E-state index contributed by atoms with van der Waals surface area (Å²) in [5.74, 6) is 0. The van der Waals surface area contributed by atoms with Gasteiger partial charge in [-0.1, -0.05) is 72.8 Å². The quantitative estimate of drug-likeness (QED) is 0.731. The van der Waals surface area contributed by atoms with Gasteiger partial charge in [-0.15, -0.1) is 0 Å². The molecule has 1 nitrogen and oxygen atoms in total. The predicted octanol–water partition coefficient (Wildman–Crippen LogP) is 4.64. The lowest BCUT2D eigenvalue weighted by Crippen LogP contribution is -2.43. The molecule has 0 saturated carbocycles. The Morgan fingerprint density at radius 3 is 1.95 bits per heavy atom. The summed E-state index contributed by atoms with van der Waals surface area (Å²) in [6.45, 7) is 0. The lowest BCUT2D eigenvalue weighted by Gasteiger charge is -2.32. The smallest absolute Gasteiger partial charge is 0.372 e. The first-order valence-corrected chi connectivity index (χ1v) is 6.77. The first-order chi connectivity index (χ1) is 10.4. The zero-order valence-electron chi connectivity index (χ0n) is 11.5. The van der Waals surface area contributed by atoms with Crippen molar-refractivity contribution >= 4 is 10.8 Å². The van der Waals surface area contributed by atoms with Crippen LogP contribution in [0.4, 0.5) is 13.2 Å². The van der Waals surface area contributed by atoms with Gasteiger partial charge < -0.3 is 5.11 Å². The maximum atomic E-state index is 13.8. The van der Waals surface area contributed by atoms with Gasteiger partial charge in [-0.3, -0.25) is 0 Å². The van der Waals surface area contributed by atoms with E-state index in [9.17, 15) is 18.3 Å². The van der Waals surface area contributed by atoms with Gasteiger partial charge >= 0.3 is 6.18 Å². The predicted molar refractivity (Wildman–Crippen MR) is 79.4 cm³/mol. The fourth-order valence-electron chi connectivity index (χ4n) is 2.69. The minimum Gasteiger partial charge on any atom is -0.372 e. The van der Waals surface area contributed by atoms with Crippen molar-refractivity contribution in [3.8, 4) is 0 Å². The monoisotopic (exact) mass is 302 g/mol. The minimum atomic E-state index is -4.83. The van der Waals surface area contributed by atoms with E-state index in [1.165, 1.54) is 36.4 Å². The molecule has 0 radical (unpaired) electrons. The van der Waals surface area contributed by atoms with Crippen molar-refractivity contribution in [3.63, 3.8) is 0 Å². The van der Waals surface area contributed by atoms with Crippen LogP contribution in [0.5, 0.6) is 0 Å². The van der Waals surface area contributed by atoms with Gasteiger partial charge in [0.25, 0.3) is 0 Å². The van der Waals surface area contributed by atoms with Crippen molar-refractivity contribution < 1.29 is 18.3 Å². The van der Waals surface area contributed by atoms with Gasteiger partial charge in [0.1, 0.15) is 0 Å². The van der Waals surface area contributed by atoms with Gasteiger partial charge in [-0.25, -0.2) is 0 Å². The van der Waals surface area contributed by atoms with Crippen LogP contribution in [0.25, 0.3) is 10.8 Å². The molecule has 112 valence electrons. The number of hydrogen-bond acceptors (Lipinski definition) is 1. The van der Waals surface area contributed by atoms with E-state index in [2.05, 4.69) is 0 Å². The molecule has 3 aromatic rings. The fourth-order valence-corrected chi connectivity index (χ4v) is 2.69. The van der Waals surface area contributed by atoms with Crippen molar-refractivity contribution in [1.29, 1.82) is 0 Å². The third kappa shape index (κ3) is 2.16. The average Bonchev–Trinajstić information content (AvgIpc) is 2.53. The standard InChI is InChI=1S/C18H13F3O/c19-18(20,21)17(22,14-9-2-1-3-10-14)16-12-6-8-13-7-4-5-11-15(13)16/h1-12,22H/t17-/m0/s1. The Balaban J connectivity index is 2.36. The Morgan fingerprint density at radius 2 is 1.27 bits per heavy atom. The lowest BCUT2D eigenvalue weighted by atomic mass is 9.83. The molecule has 0 unspecified atom stereocenters. The molecule has 0 saturated heterocycles. The number of aliphatic hydroxyl groups is 1. The summed E-state index contributed by atoms with van der Waals surface area (Å²) in [4.78, 5) is 0. The SMILES string of the molecule is O[C@@](c1ccccc1)(c1cccc2ccccc12)C(F)(F)F. The molecule has 22 heavy (non-hydrogen) atoms. The van der Waals surface area contributed by atoms with E-state index in [-0.39, 0.29) is 11.1 Å². The summed E-state index contributed by atoms with van der Waals surface area (Å²) < 4.78 is 41.3. The second-order valence-electron chi connectivity index (χ2n) is 5.10. The van der Waals surface area contributed by atoms with Gasteiger partial charge in [0.2, 0.25) is 5.60 Å². The van der Waals surface area contributed by atoms with E-state index < -0.39 is 11.8 Å². The van der Waals surface area contributed by atoms with Gasteiger partial charge in [0.15, 0.2) is 0 Å². The maximum absolute atomic E-state index is 13.8. The summed E-state index contributed by atoms with van der Waals surface area (Å²) in [5.41, 5.74) is -3.40. The van der Waals surface area contributed by atoms with E-state index in [1.807, 2.05) is 0 Å². The maximum Gasteiger partial charge on any atom is 0.425 e. The van der Waals surface area contributed by atoms with Crippen LogP contribution < -0.4 is 0 Å². The van der Waals surface area contributed by atoms with Crippen LogP contribution in [0, 0.1) is 0 Å². The van der Waals surface area contributed by atoms with E-state index in [0.717, 1.165) is 0 Å². The number of halogens is 3. The number of fused-ring (bicyclic) bond motifs is 1. The van der Waals surface area contributed by atoms with Gasteiger partial charge in [0, 0.05) is 5.56 Å². The summed E-state index contributed by atoms with van der Waals surface area (Å²) in [5, 5.41) is 11.7. The van der Waals surface area contributed by atoms with Crippen LogP contribution in [0.2, 0.25) is 0 Å². The summed E-state index contributed by atoms with van der Waals surface area (Å²) in [7, 11) is 0. The van der Waals surface area contributed by atoms with Gasteiger partial charge in [-0.2, -0.15) is 13.2 Å². The average molecular weight is 302 g/mol. The molecule has 3 rings (SSSR count). The molecule has 0 aliphatic carbocycles. The highest BCUT2D eigenvalue weighted by molar-refractivity contribution is 5.87. The zero-order valence-corrected chi connectivity index (χ0v) is 11.5. The second kappa shape index (κ2) is 5.14. The molecule has 0 aromatic heterocycles. The summed E-state index contributed by atoms with van der Waals surface area (Å²) >= 11 is 0. The molecule has 3 aromatic carbocycles. The van der Waals surface area contributed by atoms with Crippen LogP contribution in [0.15, 0.2) is 72.8 Å². The molecule has 0 bridgehead atoms. The molecule has 0 spiro atoms. The number of rotatable bonds is 2. The summed E-state index contributed by atoms with van der Waals surface area (Å²) in [6, 6.07) is 18.4. The Labute approximate surface area is 125 Å². The highest BCUT2D eigenvalue weighted by Crippen LogP contribution is 2.46. The molecule has 0 aliphatic rings. The molecule has 0 amide bonds. The number of alkyl halides is 3. The van der Waals surface area contributed by atoms with Crippen molar-refractivity contribution in [1.82, 2.24) is 0 Å². The van der Waals surface area contributed by atoms with Crippen molar-refractivity contribution in [3.05, 3.63) is 83.9 Å². The number of benzene rings is 3. The Morgan fingerprint density at radius 1 is 0.682 bits per heavy atom. The normalized spacial score (nSPS) is 14.7. The Bertz CT molecular complexity index is 791. The lowest BCUT2D eigenvalue weighted by molar-refractivity contribution is -0.247. The van der Waals surface area contributed by atoms with E-state index in [4.69, 9.17) is 0 Å². The van der Waals surface area contributed by atoms with E-state index >= 15 is 0 Å². The second-order valence-corrected chi connectivity index (χ2v) is 5.10. The molecule has 1 atom stereocenters. The van der Waals surface area contributed by atoms with Crippen LogP contribution in [0.3, 0.4) is 0 Å². The van der Waals surface area contributed by atoms with Gasteiger partial charge in [0.05, 0.1) is 0 Å². The molecule has 0 aliphatic heterocycles. The topological polar surface area (TPSA) is 20.2 Å². The van der Waals surface area contributed by atoms with E-state index in [1.54, 1.807) is 36.4 Å². The minimum absolute atomic E-state index is 0.163. The first-order valence-electron chi connectivity index (χ1n) is 6.77. The fraction of sp³-hybridized carbons (Fsp3) is 0.111. The highest BCUT2D eigenvalue weighted by Gasteiger charge is 2.56. The van der Waals surface area contributed by atoms with Gasteiger partial charge in [-0.05, 0) is 16.3 Å². The Kier molecular flexibility index (Phi) is 3.41. The van der Waals surface area contributed by atoms with Crippen LogP contribution in [0.1, 0.15) is 11.1 Å². The highest BCUT2D eigenvalue weighted by atomic mass is 19.4. The molecule has 1 N–H and O–H groups in total. The first kappa shape index (κ1) is 14.6. The van der Waals surface area contributed by atoms with Crippen molar-refractivity contribution in [2.75, 3.05) is 0 Å². The number of hydrogen-bond donors (Lipinski definition) is 1. The zero-order chi connectivity index (χ0) is 15.8. The molecule has 0 fully saturated rings.